The van der Waals surface area contributed by atoms with Gasteiger partial charge in [0.15, 0.2) is 6.10 Å². The first-order valence-corrected chi connectivity index (χ1v) is 3.65. The SMILES string of the molecule is O[C@H](c1[nH]ncc1Br)C(F)(F)F. The summed E-state index contributed by atoms with van der Waals surface area (Å²) >= 11 is 2.81. The van der Waals surface area contributed by atoms with E-state index in [2.05, 4.69) is 21.0 Å². The molecule has 0 saturated carbocycles. The van der Waals surface area contributed by atoms with E-state index in [1.165, 1.54) is 0 Å². The molecule has 7 heteroatoms. The Morgan fingerprint density at radius 1 is 1.58 bits per heavy atom. The number of H-pyrrole nitrogens is 1. The molecule has 2 N–H and O–H groups in total. The standard InChI is InChI=1S/C5H4BrF3N2O/c6-2-1-10-11-3(2)4(12)5(7,8)9/h1,4,12H,(H,10,11)/t4-/m1/s1. The maximum absolute atomic E-state index is 11.9. The van der Waals surface area contributed by atoms with Crippen LogP contribution in [0.3, 0.4) is 0 Å². The van der Waals surface area contributed by atoms with Crippen molar-refractivity contribution in [3.8, 4) is 0 Å². The van der Waals surface area contributed by atoms with E-state index in [0.717, 1.165) is 6.20 Å². The molecule has 0 fully saturated rings. The molecular weight excluding hydrogens is 241 g/mol. The molecule has 3 nitrogen and oxygen atoms in total. The molecule has 12 heavy (non-hydrogen) atoms. The molecule has 0 spiro atoms. The minimum absolute atomic E-state index is 0.104. The van der Waals surface area contributed by atoms with Crippen LogP contribution in [0.4, 0.5) is 13.2 Å². The van der Waals surface area contributed by atoms with Crippen molar-refractivity contribution in [1.82, 2.24) is 10.2 Å². The van der Waals surface area contributed by atoms with Gasteiger partial charge in [0.1, 0.15) is 0 Å². The lowest BCUT2D eigenvalue weighted by Gasteiger charge is -2.12. The molecule has 0 aliphatic rings. The zero-order chi connectivity index (χ0) is 9.35. The van der Waals surface area contributed by atoms with Crippen LogP contribution in [0.15, 0.2) is 10.7 Å². The molecule has 0 aliphatic carbocycles. The second-order valence-electron chi connectivity index (χ2n) is 2.08. The van der Waals surface area contributed by atoms with Gasteiger partial charge in [-0.15, -0.1) is 0 Å². The molecule has 1 aromatic heterocycles. The first-order valence-electron chi connectivity index (χ1n) is 2.86. The normalized spacial score (nSPS) is 14.8. The van der Waals surface area contributed by atoms with Crippen LogP contribution in [0.5, 0.6) is 0 Å². The van der Waals surface area contributed by atoms with Gasteiger partial charge in [0.25, 0.3) is 0 Å². The Hall–Kier alpha value is -0.560. The van der Waals surface area contributed by atoms with Crippen molar-refractivity contribution < 1.29 is 18.3 Å². The summed E-state index contributed by atoms with van der Waals surface area (Å²) in [6.07, 6.45) is -6.05. The maximum Gasteiger partial charge on any atom is 0.420 e. The number of hydrogen-bond acceptors (Lipinski definition) is 2. The largest absolute Gasteiger partial charge is 0.420 e. The van der Waals surface area contributed by atoms with Gasteiger partial charge in [0, 0.05) is 0 Å². The van der Waals surface area contributed by atoms with Gasteiger partial charge in [-0.25, -0.2) is 0 Å². The van der Waals surface area contributed by atoms with Crippen LogP contribution in [-0.4, -0.2) is 21.5 Å². The van der Waals surface area contributed by atoms with Crippen LogP contribution in [-0.2, 0) is 0 Å². The second kappa shape index (κ2) is 3.06. The number of nitrogens with one attached hydrogen (secondary N) is 1. The molecule has 0 amide bonds. The van der Waals surface area contributed by atoms with Crippen LogP contribution < -0.4 is 0 Å². The first kappa shape index (κ1) is 9.53. The predicted molar refractivity (Wildman–Crippen MR) is 37.3 cm³/mol. The molecule has 0 bridgehead atoms. The smallest absolute Gasteiger partial charge is 0.378 e. The van der Waals surface area contributed by atoms with E-state index < -0.39 is 12.3 Å². The average Bonchev–Trinajstić information content (AvgIpc) is 2.31. The zero-order valence-corrected chi connectivity index (χ0v) is 7.15. The molecule has 0 saturated heterocycles. The summed E-state index contributed by atoms with van der Waals surface area (Å²) < 4.78 is 35.7. The van der Waals surface area contributed by atoms with Crippen LogP contribution in [0.2, 0.25) is 0 Å². The van der Waals surface area contributed by atoms with Crippen molar-refractivity contribution in [3.05, 3.63) is 16.4 Å². The van der Waals surface area contributed by atoms with E-state index in [4.69, 9.17) is 5.11 Å². The number of aromatic nitrogens is 2. The first-order chi connectivity index (χ1) is 5.43. The Kier molecular flexibility index (Phi) is 2.43. The van der Waals surface area contributed by atoms with Crippen molar-refractivity contribution in [2.45, 2.75) is 12.3 Å². The molecule has 1 aromatic rings. The van der Waals surface area contributed by atoms with E-state index in [-0.39, 0.29) is 10.2 Å². The maximum atomic E-state index is 11.9. The average molecular weight is 245 g/mol. The Balaban J connectivity index is 2.92. The molecule has 0 aromatic carbocycles. The third-order valence-corrected chi connectivity index (χ3v) is 1.84. The number of aliphatic hydroxyl groups excluding tert-OH is 1. The Morgan fingerprint density at radius 2 is 2.17 bits per heavy atom. The Bertz CT molecular complexity index is 272. The van der Waals surface area contributed by atoms with Gasteiger partial charge in [0.05, 0.1) is 16.4 Å². The summed E-state index contributed by atoms with van der Waals surface area (Å²) in [5, 5.41) is 14.1. The van der Waals surface area contributed by atoms with Gasteiger partial charge in [-0.2, -0.15) is 18.3 Å². The molecule has 1 rings (SSSR count). The van der Waals surface area contributed by atoms with E-state index in [1.807, 2.05) is 5.10 Å². The highest BCUT2D eigenvalue weighted by Gasteiger charge is 2.41. The van der Waals surface area contributed by atoms with E-state index >= 15 is 0 Å². The van der Waals surface area contributed by atoms with Crippen molar-refractivity contribution in [2.24, 2.45) is 0 Å². The van der Waals surface area contributed by atoms with Gasteiger partial charge in [-0.05, 0) is 15.9 Å². The highest BCUT2D eigenvalue weighted by Crippen LogP contribution is 2.34. The number of hydrogen-bond donors (Lipinski definition) is 2. The van der Waals surface area contributed by atoms with E-state index in [1.54, 1.807) is 0 Å². The Labute approximate surface area is 73.7 Å². The topological polar surface area (TPSA) is 48.9 Å². The summed E-state index contributed by atoms with van der Waals surface area (Å²) in [4.78, 5) is 0. The van der Waals surface area contributed by atoms with Crippen molar-refractivity contribution >= 4 is 15.9 Å². The molecule has 0 radical (unpaired) electrons. The minimum Gasteiger partial charge on any atom is -0.378 e. The molecular formula is C5H4BrF3N2O. The number of rotatable bonds is 1. The van der Waals surface area contributed by atoms with Crippen LogP contribution in [0, 0.1) is 0 Å². The highest BCUT2D eigenvalue weighted by molar-refractivity contribution is 9.10. The van der Waals surface area contributed by atoms with Gasteiger partial charge >= 0.3 is 6.18 Å². The summed E-state index contributed by atoms with van der Waals surface area (Å²) in [6, 6.07) is 0. The second-order valence-corrected chi connectivity index (χ2v) is 2.93. The van der Waals surface area contributed by atoms with Crippen LogP contribution >= 0.6 is 15.9 Å². The Morgan fingerprint density at radius 3 is 2.50 bits per heavy atom. The lowest BCUT2D eigenvalue weighted by molar-refractivity contribution is -0.208. The fraction of sp³-hybridized carbons (Fsp3) is 0.400. The van der Waals surface area contributed by atoms with E-state index in [9.17, 15) is 13.2 Å². The van der Waals surface area contributed by atoms with E-state index in [0.29, 0.717) is 0 Å². The summed E-state index contributed by atoms with van der Waals surface area (Å²) in [5.74, 6) is 0. The number of nitrogens with zero attached hydrogens (tertiary/aromatic N) is 1. The molecule has 1 heterocycles. The lowest BCUT2D eigenvalue weighted by atomic mass is 10.2. The fourth-order valence-electron chi connectivity index (χ4n) is 0.637. The minimum atomic E-state index is -4.67. The van der Waals surface area contributed by atoms with Crippen molar-refractivity contribution in [1.29, 1.82) is 0 Å². The predicted octanol–water partition coefficient (Wildman–Crippen LogP) is 1.77. The summed E-state index contributed by atoms with van der Waals surface area (Å²) in [7, 11) is 0. The summed E-state index contributed by atoms with van der Waals surface area (Å²) in [6.45, 7) is 0. The van der Waals surface area contributed by atoms with Gasteiger partial charge < -0.3 is 5.11 Å². The molecule has 1 atom stereocenters. The molecule has 0 aliphatic heterocycles. The molecule has 68 valence electrons. The van der Waals surface area contributed by atoms with Crippen LogP contribution in [0.25, 0.3) is 0 Å². The van der Waals surface area contributed by atoms with Crippen molar-refractivity contribution in [2.75, 3.05) is 0 Å². The van der Waals surface area contributed by atoms with Crippen molar-refractivity contribution in [3.63, 3.8) is 0 Å². The monoisotopic (exact) mass is 244 g/mol. The lowest BCUT2D eigenvalue weighted by Crippen LogP contribution is -2.20. The molecule has 0 unspecified atom stereocenters. The fourth-order valence-corrected chi connectivity index (χ4v) is 1.04. The highest BCUT2D eigenvalue weighted by atomic mass is 79.9. The summed E-state index contributed by atoms with van der Waals surface area (Å²) in [5.41, 5.74) is -0.387. The third kappa shape index (κ3) is 1.78. The van der Waals surface area contributed by atoms with Gasteiger partial charge in [-0.1, -0.05) is 0 Å². The quantitative estimate of drug-likeness (QED) is 0.791. The number of halogens is 4. The number of aliphatic hydroxyl groups is 1. The third-order valence-electron chi connectivity index (χ3n) is 1.20. The number of alkyl halides is 3. The van der Waals surface area contributed by atoms with Gasteiger partial charge in [0.2, 0.25) is 0 Å². The van der Waals surface area contributed by atoms with Crippen LogP contribution in [0.1, 0.15) is 11.8 Å². The zero-order valence-electron chi connectivity index (χ0n) is 5.56. The number of aromatic amines is 1. The van der Waals surface area contributed by atoms with Gasteiger partial charge in [-0.3, -0.25) is 5.10 Å².